The van der Waals surface area contributed by atoms with Crippen LogP contribution in [0.2, 0.25) is 0 Å². The lowest BCUT2D eigenvalue weighted by Crippen LogP contribution is -1.88. The largest absolute Gasteiger partial charge is 0.497 e. The highest BCUT2D eigenvalue weighted by Crippen LogP contribution is 2.32. The molecule has 2 aromatic carbocycles. The zero-order chi connectivity index (χ0) is 14.4. The van der Waals surface area contributed by atoms with Crippen molar-refractivity contribution in [2.45, 2.75) is 6.92 Å². The second kappa shape index (κ2) is 4.56. The number of fused-ring (bicyclic) bond motifs is 3. The molecule has 5 heteroatoms. The fraction of sp³-hybridized carbons (Fsp3) is 0.125. The van der Waals surface area contributed by atoms with E-state index in [0.717, 1.165) is 32.3 Å². The molecule has 4 aromatic rings. The second-order valence-electron chi connectivity index (χ2n) is 4.94. The normalized spacial score (nSPS) is 11.3. The van der Waals surface area contributed by atoms with Crippen LogP contribution in [0.15, 0.2) is 42.5 Å². The van der Waals surface area contributed by atoms with Crippen LogP contribution in [0.25, 0.3) is 26.6 Å². The summed E-state index contributed by atoms with van der Waals surface area (Å²) in [7, 11) is 1.68. The van der Waals surface area contributed by atoms with Crippen molar-refractivity contribution < 1.29 is 4.74 Å². The first-order valence-electron chi connectivity index (χ1n) is 6.65. The van der Waals surface area contributed by atoms with Crippen molar-refractivity contribution in [1.82, 2.24) is 14.6 Å². The van der Waals surface area contributed by atoms with Gasteiger partial charge >= 0.3 is 0 Å². The van der Waals surface area contributed by atoms with Crippen LogP contribution in [0, 0.1) is 6.92 Å². The van der Waals surface area contributed by atoms with E-state index < -0.39 is 0 Å². The first-order valence-corrected chi connectivity index (χ1v) is 7.46. The SMILES string of the molecule is COc1ccc2c(c1)sc1nnc(-c3ccc(C)cc3)n12. The van der Waals surface area contributed by atoms with Gasteiger partial charge in [-0.25, -0.2) is 0 Å². The minimum atomic E-state index is 0.858. The lowest BCUT2D eigenvalue weighted by molar-refractivity contribution is 0.415. The monoisotopic (exact) mass is 295 g/mol. The number of benzene rings is 2. The van der Waals surface area contributed by atoms with Crippen LogP contribution in [-0.2, 0) is 0 Å². The van der Waals surface area contributed by atoms with E-state index >= 15 is 0 Å². The maximum atomic E-state index is 5.28. The van der Waals surface area contributed by atoms with Crippen molar-refractivity contribution in [3.63, 3.8) is 0 Å². The van der Waals surface area contributed by atoms with Crippen LogP contribution in [-0.4, -0.2) is 21.7 Å². The Kier molecular flexibility index (Phi) is 2.68. The summed E-state index contributed by atoms with van der Waals surface area (Å²) in [6.07, 6.45) is 0. The molecule has 0 aliphatic carbocycles. The molecular weight excluding hydrogens is 282 g/mol. The summed E-state index contributed by atoms with van der Waals surface area (Å²) in [5.41, 5.74) is 3.42. The van der Waals surface area contributed by atoms with Gasteiger partial charge in [-0.15, -0.1) is 10.2 Å². The smallest absolute Gasteiger partial charge is 0.217 e. The number of thiazole rings is 1. The fourth-order valence-electron chi connectivity index (χ4n) is 2.43. The number of hydrogen-bond acceptors (Lipinski definition) is 4. The number of ether oxygens (including phenoxy) is 1. The van der Waals surface area contributed by atoms with Gasteiger partial charge in [0, 0.05) is 5.56 Å². The Labute approximate surface area is 125 Å². The van der Waals surface area contributed by atoms with E-state index in [1.807, 2.05) is 12.1 Å². The van der Waals surface area contributed by atoms with Crippen molar-refractivity contribution in [3.8, 4) is 17.1 Å². The van der Waals surface area contributed by atoms with E-state index in [1.54, 1.807) is 18.4 Å². The number of nitrogens with zero attached hydrogens (tertiary/aromatic N) is 3. The average Bonchev–Trinajstić information content (AvgIpc) is 3.06. The molecule has 2 heterocycles. The third kappa shape index (κ3) is 1.89. The van der Waals surface area contributed by atoms with E-state index in [2.05, 4.69) is 51.9 Å². The van der Waals surface area contributed by atoms with Crippen LogP contribution in [0.1, 0.15) is 5.56 Å². The molecular formula is C16H13N3OS. The highest BCUT2D eigenvalue weighted by atomic mass is 32.1. The zero-order valence-corrected chi connectivity index (χ0v) is 12.5. The maximum Gasteiger partial charge on any atom is 0.217 e. The Morgan fingerprint density at radius 2 is 1.86 bits per heavy atom. The van der Waals surface area contributed by atoms with Crippen LogP contribution < -0.4 is 4.74 Å². The summed E-state index contributed by atoms with van der Waals surface area (Å²) in [6.45, 7) is 2.08. The van der Waals surface area contributed by atoms with Gasteiger partial charge in [0.2, 0.25) is 4.96 Å². The predicted molar refractivity (Wildman–Crippen MR) is 85.1 cm³/mol. The molecule has 0 radical (unpaired) electrons. The topological polar surface area (TPSA) is 39.4 Å². The standard InChI is InChI=1S/C16H13N3OS/c1-10-3-5-11(6-4-10)15-17-18-16-19(15)13-8-7-12(20-2)9-14(13)21-16/h3-9H,1-2H3. The molecule has 0 fully saturated rings. The Balaban J connectivity index is 1.99. The number of methoxy groups -OCH3 is 1. The van der Waals surface area contributed by atoms with Gasteiger partial charge < -0.3 is 4.74 Å². The average molecular weight is 295 g/mol. The molecule has 0 saturated carbocycles. The highest BCUT2D eigenvalue weighted by molar-refractivity contribution is 7.23. The van der Waals surface area contributed by atoms with E-state index in [1.165, 1.54) is 5.56 Å². The lowest BCUT2D eigenvalue weighted by atomic mass is 10.1. The summed E-state index contributed by atoms with van der Waals surface area (Å²) in [5, 5.41) is 8.64. The van der Waals surface area contributed by atoms with Crippen molar-refractivity contribution in [1.29, 1.82) is 0 Å². The number of aryl methyl sites for hydroxylation is 1. The molecule has 4 nitrogen and oxygen atoms in total. The number of aromatic nitrogens is 3. The molecule has 0 N–H and O–H groups in total. The third-order valence-electron chi connectivity index (χ3n) is 3.55. The van der Waals surface area contributed by atoms with Crippen LogP contribution in [0.4, 0.5) is 0 Å². The van der Waals surface area contributed by atoms with Crippen LogP contribution in [0.5, 0.6) is 5.75 Å². The molecule has 0 unspecified atom stereocenters. The Hall–Kier alpha value is -2.40. The van der Waals surface area contributed by atoms with Crippen molar-refractivity contribution in [3.05, 3.63) is 48.0 Å². The minimum Gasteiger partial charge on any atom is -0.497 e. The third-order valence-corrected chi connectivity index (χ3v) is 4.55. The fourth-order valence-corrected chi connectivity index (χ4v) is 3.42. The second-order valence-corrected chi connectivity index (χ2v) is 5.95. The molecule has 0 aliphatic heterocycles. The van der Waals surface area contributed by atoms with Gasteiger partial charge in [0.1, 0.15) is 5.75 Å². The summed E-state index contributed by atoms with van der Waals surface area (Å²) >= 11 is 1.62. The van der Waals surface area contributed by atoms with Gasteiger partial charge in [-0.2, -0.15) is 0 Å². The summed E-state index contributed by atoms with van der Waals surface area (Å²) in [4.78, 5) is 0.897. The Morgan fingerprint density at radius 3 is 2.62 bits per heavy atom. The first-order chi connectivity index (χ1) is 10.3. The summed E-state index contributed by atoms with van der Waals surface area (Å²) in [6, 6.07) is 14.4. The van der Waals surface area contributed by atoms with Crippen LogP contribution >= 0.6 is 11.3 Å². The van der Waals surface area contributed by atoms with E-state index in [-0.39, 0.29) is 0 Å². The van der Waals surface area contributed by atoms with Crippen molar-refractivity contribution in [2.24, 2.45) is 0 Å². The zero-order valence-electron chi connectivity index (χ0n) is 11.7. The Morgan fingerprint density at radius 1 is 1.05 bits per heavy atom. The maximum absolute atomic E-state index is 5.28. The van der Waals surface area contributed by atoms with Crippen LogP contribution in [0.3, 0.4) is 0 Å². The highest BCUT2D eigenvalue weighted by Gasteiger charge is 2.14. The first kappa shape index (κ1) is 12.3. The lowest BCUT2D eigenvalue weighted by Gasteiger charge is -2.01. The predicted octanol–water partition coefficient (Wildman–Crippen LogP) is 3.93. The Bertz CT molecular complexity index is 937. The molecule has 104 valence electrons. The molecule has 0 amide bonds. The molecule has 0 atom stereocenters. The van der Waals surface area contributed by atoms with Gasteiger partial charge in [0.15, 0.2) is 5.82 Å². The molecule has 2 aromatic heterocycles. The summed E-state index contributed by atoms with van der Waals surface area (Å²) < 4.78 is 8.53. The molecule has 4 rings (SSSR count). The van der Waals surface area contributed by atoms with Crippen molar-refractivity contribution in [2.75, 3.05) is 7.11 Å². The van der Waals surface area contributed by atoms with E-state index in [9.17, 15) is 0 Å². The number of rotatable bonds is 2. The number of hydrogen-bond donors (Lipinski definition) is 0. The molecule has 0 spiro atoms. The minimum absolute atomic E-state index is 0.858. The summed E-state index contributed by atoms with van der Waals surface area (Å²) in [5.74, 6) is 1.73. The molecule has 0 saturated heterocycles. The van der Waals surface area contributed by atoms with Gasteiger partial charge in [0.05, 0.1) is 17.3 Å². The molecule has 0 bridgehead atoms. The van der Waals surface area contributed by atoms with E-state index in [0.29, 0.717) is 0 Å². The van der Waals surface area contributed by atoms with Gasteiger partial charge in [0.25, 0.3) is 0 Å². The van der Waals surface area contributed by atoms with E-state index in [4.69, 9.17) is 4.74 Å². The molecule has 0 aliphatic rings. The van der Waals surface area contributed by atoms with Gasteiger partial charge in [-0.3, -0.25) is 4.40 Å². The van der Waals surface area contributed by atoms with Crippen molar-refractivity contribution >= 4 is 26.5 Å². The van der Waals surface area contributed by atoms with Gasteiger partial charge in [-0.05, 0) is 25.1 Å². The molecule has 21 heavy (non-hydrogen) atoms. The quantitative estimate of drug-likeness (QED) is 0.562. The van der Waals surface area contributed by atoms with Gasteiger partial charge in [-0.1, -0.05) is 41.2 Å².